The first-order chi connectivity index (χ1) is 10.2. The first kappa shape index (κ1) is 16.0. The van der Waals surface area contributed by atoms with E-state index < -0.39 is 38.2 Å². The molecule has 0 aliphatic heterocycles. The molecule has 0 atom stereocenters. The molecule has 0 saturated carbocycles. The number of sulfonamides is 1. The summed E-state index contributed by atoms with van der Waals surface area (Å²) in [6.45, 7) is 1.23. The zero-order valence-electron chi connectivity index (χ0n) is 11.2. The lowest BCUT2D eigenvalue weighted by Crippen LogP contribution is -2.17. The fourth-order valence-corrected chi connectivity index (χ4v) is 2.94. The number of carbonyl (C=O) groups excluding carboxylic acids is 1. The van der Waals surface area contributed by atoms with Crippen LogP contribution in [0.2, 0.25) is 0 Å². The smallest absolute Gasteiger partial charge is 0.264 e. The summed E-state index contributed by atoms with van der Waals surface area (Å²) in [6, 6.07) is 6.77. The highest BCUT2D eigenvalue weighted by molar-refractivity contribution is 7.92. The third-order valence-electron chi connectivity index (χ3n) is 2.84. The van der Waals surface area contributed by atoms with Gasteiger partial charge in [0.25, 0.3) is 10.0 Å². The highest BCUT2D eigenvalue weighted by Crippen LogP contribution is 2.24. The molecule has 0 aliphatic carbocycles. The second kappa shape index (κ2) is 5.80. The van der Waals surface area contributed by atoms with E-state index in [1.54, 1.807) is 0 Å². The van der Waals surface area contributed by atoms with Crippen molar-refractivity contribution in [2.45, 2.75) is 11.8 Å². The Kier molecular flexibility index (Phi) is 4.23. The SMILES string of the molecule is CC(=O)c1ccccc1NS(=O)(=O)c1ccc(F)c(F)c1F. The number of Topliss-reactive ketones (excluding diaryl/α,β-unsaturated/α-hetero) is 1. The van der Waals surface area contributed by atoms with Crippen molar-refractivity contribution in [1.29, 1.82) is 0 Å². The number of nitrogens with one attached hydrogen (secondary N) is 1. The first-order valence-corrected chi connectivity index (χ1v) is 7.48. The molecule has 0 fully saturated rings. The Hall–Kier alpha value is -2.35. The zero-order chi connectivity index (χ0) is 16.5. The van der Waals surface area contributed by atoms with Crippen molar-refractivity contribution >= 4 is 21.5 Å². The Morgan fingerprint density at radius 3 is 2.27 bits per heavy atom. The molecule has 0 aliphatic rings. The summed E-state index contributed by atoms with van der Waals surface area (Å²) < 4.78 is 65.9. The maximum absolute atomic E-state index is 13.6. The molecular weight excluding hydrogens is 319 g/mol. The molecule has 2 aromatic rings. The van der Waals surface area contributed by atoms with Crippen molar-refractivity contribution in [1.82, 2.24) is 0 Å². The number of ketones is 1. The van der Waals surface area contributed by atoms with Crippen LogP contribution in [0.4, 0.5) is 18.9 Å². The van der Waals surface area contributed by atoms with E-state index in [4.69, 9.17) is 0 Å². The Balaban J connectivity index is 2.50. The molecule has 2 rings (SSSR count). The van der Waals surface area contributed by atoms with Gasteiger partial charge in [0.05, 0.1) is 5.69 Å². The monoisotopic (exact) mass is 329 g/mol. The van der Waals surface area contributed by atoms with Gasteiger partial charge >= 0.3 is 0 Å². The summed E-state index contributed by atoms with van der Waals surface area (Å²) in [5, 5.41) is 0. The molecule has 0 unspecified atom stereocenters. The van der Waals surface area contributed by atoms with Crippen molar-refractivity contribution in [3.8, 4) is 0 Å². The number of carbonyl (C=O) groups is 1. The number of halogens is 3. The van der Waals surface area contributed by atoms with Crippen molar-refractivity contribution < 1.29 is 26.4 Å². The minimum atomic E-state index is -4.52. The van der Waals surface area contributed by atoms with Gasteiger partial charge in [-0.15, -0.1) is 0 Å². The fraction of sp³-hybridized carbons (Fsp3) is 0.0714. The molecular formula is C14H10F3NO3S. The summed E-state index contributed by atoms with van der Waals surface area (Å²) in [7, 11) is -4.52. The molecule has 0 saturated heterocycles. The summed E-state index contributed by atoms with van der Waals surface area (Å²) in [6.07, 6.45) is 0. The third kappa shape index (κ3) is 2.96. The number of rotatable bonds is 4. The van der Waals surface area contributed by atoms with Crippen molar-refractivity contribution in [3.63, 3.8) is 0 Å². The largest absolute Gasteiger partial charge is 0.294 e. The maximum atomic E-state index is 13.6. The Labute approximate surface area is 124 Å². The number of hydrogen-bond donors (Lipinski definition) is 1. The van der Waals surface area contributed by atoms with Gasteiger partial charge in [0.15, 0.2) is 23.2 Å². The molecule has 0 radical (unpaired) electrons. The molecule has 0 aromatic heterocycles. The molecule has 0 bridgehead atoms. The Morgan fingerprint density at radius 1 is 1.00 bits per heavy atom. The van der Waals surface area contributed by atoms with E-state index in [9.17, 15) is 26.4 Å². The topological polar surface area (TPSA) is 63.2 Å². The van der Waals surface area contributed by atoms with Crippen LogP contribution in [0.3, 0.4) is 0 Å². The van der Waals surface area contributed by atoms with Crippen molar-refractivity contribution in [2.24, 2.45) is 0 Å². The van der Waals surface area contributed by atoms with Crippen LogP contribution in [-0.2, 0) is 10.0 Å². The lowest BCUT2D eigenvalue weighted by molar-refractivity contribution is 0.101. The highest BCUT2D eigenvalue weighted by Gasteiger charge is 2.25. The number of para-hydroxylation sites is 1. The van der Waals surface area contributed by atoms with Crippen LogP contribution in [0.1, 0.15) is 17.3 Å². The van der Waals surface area contributed by atoms with Gasteiger partial charge in [-0.05, 0) is 31.2 Å². The van der Waals surface area contributed by atoms with Crippen LogP contribution >= 0.6 is 0 Å². The maximum Gasteiger partial charge on any atom is 0.264 e. The predicted molar refractivity (Wildman–Crippen MR) is 73.6 cm³/mol. The molecule has 22 heavy (non-hydrogen) atoms. The third-order valence-corrected chi connectivity index (χ3v) is 4.22. The van der Waals surface area contributed by atoms with Crippen LogP contribution < -0.4 is 4.72 Å². The van der Waals surface area contributed by atoms with Crippen LogP contribution in [0.5, 0.6) is 0 Å². The molecule has 1 N–H and O–H groups in total. The second-order valence-electron chi connectivity index (χ2n) is 4.38. The molecule has 116 valence electrons. The minimum absolute atomic E-state index is 0.0640. The zero-order valence-corrected chi connectivity index (χ0v) is 12.0. The van der Waals surface area contributed by atoms with Gasteiger partial charge in [0.1, 0.15) is 4.90 Å². The lowest BCUT2D eigenvalue weighted by atomic mass is 10.1. The van der Waals surface area contributed by atoms with E-state index in [0.29, 0.717) is 12.1 Å². The van der Waals surface area contributed by atoms with E-state index in [-0.39, 0.29) is 11.3 Å². The lowest BCUT2D eigenvalue weighted by Gasteiger charge is -2.12. The number of anilines is 1. The van der Waals surface area contributed by atoms with Crippen molar-refractivity contribution in [2.75, 3.05) is 4.72 Å². The quantitative estimate of drug-likeness (QED) is 0.692. The fourth-order valence-electron chi connectivity index (χ4n) is 1.79. The van der Waals surface area contributed by atoms with E-state index in [1.165, 1.54) is 31.2 Å². The summed E-state index contributed by atoms with van der Waals surface area (Å²) >= 11 is 0. The number of benzene rings is 2. The van der Waals surface area contributed by atoms with Crippen LogP contribution in [0.15, 0.2) is 41.3 Å². The van der Waals surface area contributed by atoms with Gasteiger partial charge in [-0.1, -0.05) is 12.1 Å². The highest BCUT2D eigenvalue weighted by atomic mass is 32.2. The van der Waals surface area contributed by atoms with Crippen molar-refractivity contribution in [3.05, 3.63) is 59.4 Å². The first-order valence-electron chi connectivity index (χ1n) is 6.00. The summed E-state index contributed by atoms with van der Waals surface area (Å²) in [5.41, 5.74) is -0.0202. The van der Waals surface area contributed by atoms with Gasteiger partial charge in [-0.3, -0.25) is 9.52 Å². The minimum Gasteiger partial charge on any atom is -0.294 e. The molecule has 8 heteroatoms. The Morgan fingerprint density at radius 2 is 1.64 bits per heavy atom. The summed E-state index contributed by atoms with van der Waals surface area (Å²) in [5.74, 6) is -5.62. The number of hydrogen-bond acceptors (Lipinski definition) is 3. The molecule has 0 amide bonds. The molecule has 4 nitrogen and oxygen atoms in total. The van der Waals surface area contributed by atoms with Crippen LogP contribution in [0.25, 0.3) is 0 Å². The average molecular weight is 329 g/mol. The normalized spacial score (nSPS) is 11.3. The van der Waals surface area contributed by atoms with Gasteiger partial charge < -0.3 is 0 Å². The van der Waals surface area contributed by atoms with E-state index in [0.717, 1.165) is 0 Å². The van der Waals surface area contributed by atoms with E-state index in [1.807, 2.05) is 4.72 Å². The van der Waals surface area contributed by atoms with Gasteiger partial charge in [0, 0.05) is 5.56 Å². The molecule has 2 aromatic carbocycles. The van der Waals surface area contributed by atoms with Gasteiger partial charge in [-0.25, -0.2) is 21.6 Å². The molecule has 0 spiro atoms. The predicted octanol–water partition coefficient (Wildman–Crippen LogP) is 3.11. The molecule has 0 heterocycles. The standard InChI is InChI=1S/C14H10F3NO3S/c1-8(19)9-4-2-3-5-11(9)18-22(20,21)12-7-6-10(15)13(16)14(12)17/h2-7,18H,1H3. The van der Waals surface area contributed by atoms with Gasteiger partial charge in [0.2, 0.25) is 0 Å². The Bertz CT molecular complexity index is 850. The van der Waals surface area contributed by atoms with Crippen LogP contribution in [0, 0.1) is 17.5 Å². The van der Waals surface area contributed by atoms with Gasteiger partial charge in [-0.2, -0.15) is 0 Å². The second-order valence-corrected chi connectivity index (χ2v) is 6.03. The average Bonchev–Trinajstić information content (AvgIpc) is 2.44. The van der Waals surface area contributed by atoms with Crippen LogP contribution in [-0.4, -0.2) is 14.2 Å². The van der Waals surface area contributed by atoms with E-state index >= 15 is 0 Å². The summed E-state index contributed by atoms with van der Waals surface area (Å²) in [4.78, 5) is 10.4. The van der Waals surface area contributed by atoms with E-state index in [2.05, 4.69) is 0 Å².